The Morgan fingerprint density at radius 1 is 1.00 bits per heavy atom. The second kappa shape index (κ2) is 14.4. The quantitative estimate of drug-likeness (QED) is 0.371. The molecule has 238 valence electrons. The van der Waals surface area contributed by atoms with Gasteiger partial charge in [0.15, 0.2) is 0 Å². The fourth-order valence-corrected chi connectivity index (χ4v) is 6.27. The molecule has 9 heteroatoms. The number of hydrogen-bond donors (Lipinski definition) is 2. The van der Waals surface area contributed by atoms with Crippen molar-refractivity contribution in [2.24, 2.45) is 11.7 Å². The number of nitrogens with zero attached hydrogens (tertiary/aromatic N) is 3. The Labute approximate surface area is 262 Å². The maximum Gasteiger partial charge on any atom is 0.254 e. The second-order valence-corrected chi connectivity index (χ2v) is 13.7. The molecule has 4 amide bonds. The van der Waals surface area contributed by atoms with Gasteiger partial charge in [0.25, 0.3) is 5.91 Å². The third kappa shape index (κ3) is 8.68. The van der Waals surface area contributed by atoms with Crippen molar-refractivity contribution >= 4 is 29.3 Å². The monoisotopic (exact) mass is 603 g/mol. The highest BCUT2D eigenvalue weighted by Crippen LogP contribution is 2.36. The molecule has 1 aliphatic carbocycles. The summed E-state index contributed by atoms with van der Waals surface area (Å²) in [4.78, 5) is 57.1. The first-order valence-electron chi connectivity index (χ1n) is 15.9. The lowest BCUT2D eigenvalue weighted by Gasteiger charge is -2.38. The van der Waals surface area contributed by atoms with E-state index in [-0.39, 0.29) is 48.7 Å². The van der Waals surface area contributed by atoms with Crippen LogP contribution in [0.15, 0.2) is 42.5 Å². The van der Waals surface area contributed by atoms with Crippen LogP contribution >= 0.6 is 0 Å². The molecule has 1 aliphatic heterocycles. The number of carbonyl (C=O) groups excluding carboxylic acids is 4. The van der Waals surface area contributed by atoms with Gasteiger partial charge in [-0.3, -0.25) is 19.2 Å². The van der Waals surface area contributed by atoms with Gasteiger partial charge in [-0.15, -0.1) is 0 Å². The zero-order chi connectivity index (χ0) is 32.0. The van der Waals surface area contributed by atoms with Gasteiger partial charge in [0, 0.05) is 43.7 Å². The maximum atomic E-state index is 14.1. The Balaban J connectivity index is 1.58. The minimum absolute atomic E-state index is 0.00530. The van der Waals surface area contributed by atoms with Crippen molar-refractivity contribution in [3.63, 3.8) is 0 Å². The van der Waals surface area contributed by atoms with Gasteiger partial charge in [-0.25, -0.2) is 0 Å². The number of primary amides is 1. The van der Waals surface area contributed by atoms with Crippen LogP contribution in [0.1, 0.15) is 92.4 Å². The predicted octanol–water partition coefficient (Wildman–Crippen LogP) is 4.51. The van der Waals surface area contributed by atoms with Crippen LogP contribution in [0.25, 0.3) is 0 Å². The van der Waals surface area contributed by atoms with Crippen molar-refractivity contribution in [3.05, 3.63) is 64.7 Å². The van der Waals surface area contributed by atoms with Crippen molar-refractivity contribution in [3.8, 4) is 0 Å². The molecular formula is C35H49N5O4. The molecule has 1 unspecified atom stereocenters. The van der Waals surface area contributed by atoms with Gasteiger partial charge in [0.05, 0.1) is 12.6 Å². The van der Waals surface area contributed by atoms with E-state index in [4.69, 9.17) is 5.73 Å². The molecule has 1 heterocycles. The molecule has 9 nitrogen and oxygen atoms in total. The van der Waals surface area contributed by atoms with Crippen molar-refractivity contribution in [2.75, 3.05) is 45.6 Å². The molecule has 2 aromatic rings. The Morgan fingerprint density at radius 2 is 1.68 bits per heavy atom. The van der Waals surface area contributed by atoms with Crippen LogP contribution in [0.2, 0.25) is 0 Å². The second-order valence-electron chi connectivity index (χ2n) is 13.7. The van der Waals surface area contributed by atoms with Crippen LogP contribution in [0, 0.1) is 5.92 Å². The molecule has 0 aromatic heterocycles. The van der Waals surface area contributed by atoms with E-state index in [1.807, 2.05) is 31.1 Å². The molecule has 1 fully saturated rings. The molecule has 2 aromatic carbocycles. The summed E-state index contributed by atoms with van der Waals surface area (Å²) in [6, 6.07) is 13.7. The van der Waals surface area contributed by atoms with E-state index < -0.39 is 5.91 Å². The highest BCUT2D eigenvalue weighted by molar-refractivity contribution is 6.00. The zero-order valence-electron chi connectivity index (χ0n) is 27.0. The maximum absolute atomic E-state index is 14.1. The largest absolute Gasteiger partial charge is 0.368 e. The Hall–Kier alpha value is -3.72. The molecule has 2 aliphatic rings. The van der Waals surface area contributed by atoms with E-state index in [0.29, 0.717) is 43.1 Å². The summed E-state index contributed by atoms with van der Waals surface area (Å²) in [5, 5.41) is 3.01. The fourth-order valence-electron chi connectivity index (χ4n) is 6.27. The molecular weight excluding hydrogens is 554 g/mol. The highest BCUT2D eigenvalue weighted by atomic mass is 16.2. The number of amides is 4. The molecule has 0 bridgehead atoms. The van der Waals surface area contributed by atoms with Crippen LogP contribution in [-0.4, -0.2) is 78.6 Å². The van der Waals surface area contributed by atoms with Crippen molar-refractivity contribution in [1.29, 1.82) is 0 Å². The number of rotatable bonds is 12. The van der Waals surface area contributed by atoms with E-state index >= 15 is 0 Å². The van der Waals surface area contributed by atoms with Gasteiger partial charge >= 0.3 is 0 Å². The lowest BCUT2D eigenvalue weighted by molar-refractivity contribution is -0.135. The van der Waals surface area contributed by atoms with Gasteiger partial charge < -0.3 is 25.8 Å². The minimum atomic E-state index is -0.570. The summed E-state index contributed by atoms with van der Waals surface area (Å²) in [6.07, 6.45) is 5.70. The summed E-state index contributed by atoms with van der Waals surface area (Å²) in [5.41, 5.74) is 9.71. The fraction of sp³-hybridized carbons (Fsp3) is 0.543. The number of nitrogens with two attached hydrogens (primary N) is 1. The van der Waals surface area contributed by atoms with Crippen LogP contribution in [0.4, 0.5) is 5.69 Å². The molecule has 1 saturated carbocycles. The molecule has 0 radical (unpaired) electrons. The summed E-state index contributed by atoms with van der Waals surface area (Å²) < 4.78 is 0. The lowest BCUT2D eigenvalue weighted by atomic mass is 9.84. The van der Waals surface area contributed by atoms with Crippen molar-refractivity contribution in [2.45, 2.75) is 77.2 Å². The lowest BCUT2D eigenvalue weighted by Crippen LogP contribution is -2.45. The Kier molecular flexibility index (Phi) is 10.8. The van der Waals surface area contributed by atoms with E-state index in [9.17, 15) is 19.2 Å². The first-order chi connectivity index (χ1) is 20.8. The first kappa shape index (κ1) is 33.2. The number of fused-ring (bicyclic) bond motifs is 1. The smallest absolute Gasteiger partial charge is 0.254 e. The molecule has 3 N–H and O–H groups in total. The van der Waals surface area contributed by atoms with Crippen LogP contribution in [0.5, 0.6) is 0 Å². The number of hydrogen-bond acceptors (Lipinski definition) is 5. The number of likely N-dealkylation sites (N-methyl/N-ethyl adjacent to an activating group) is 1. The van der Waals surface area contributed by atoms with E-state index in [1.165, 1.54) is 23.3 Å². The van der Waals surface area contributed by atoms with Gasteiger partial charge in [0.2, 0.25) is 17.7 Å². The van der Waals surface area contributed by atoms with Gasteiger partial charge in [0.1, 0.15) is 0 Å². The summed E-state index contributed by atoms with van der Waals surface area (Å²) >= 11 is 0. The summed E-state index contributed by atoms with van der Waals surface area (Å²) in [5.74, 6) is -0.560. The molecule has 4 rings (SSSR count). The van der Waals surface area contributed by atoms with E-state index in [0.717, 1.165) is 24.0 Å². The molecule has 1 atom stereocenters. The Bertz CT molecular complexity index is 1340. The topological polar surface area (TPSA) is 116 Å². The van der Waals surface area contributed by atoms with Gasteiger partial charge in [-0.05, 0) is 73.5 Å². The molecule has 0 spiro atoms. The standard InChI is InChI=1S/C35H49N5O4/c1-35(2,3)27-13-10-25(11-14-27)30-21-26-12-15-28(37-32(42)20-24-8-6-7-9-24)22-29(26)34(44)40(30)17-16-33(43)39(23-31(36)41)19-18-38(4)5/h10-15,22,24,30H,6-9,16-21,23H2,1-5H3,(H2,36,41)(H,37,42). The number of carbonyl (C=O) groups is 4. The molecule has 0 saturated heterocycles. The predicted molar refractivity (Wildman–Crippen MR) is 173 cm³/mol. The van der Waals surface area contributed by atoms with E-state index in [1.54, 1.807) is 11.0 Å². The average Bonchev–Trinajstić information content (AvgIpc) is 3.47. The van der Waals surface area contributed by atoms with Crippen LogP contribution < -0.4 is 11.1 Å². The van der Waals surface area contributed by atoms with E-state index in [2.05, 4.69) is 50.4 Å². The molecule has 44 heavy (non-hydrogen) atoms. The zero-order valence-corrected chi connectivity index (χ0v) is 27.0. The number of benzene rings is 2. The first-order valence-corrected chi connectivity index (χ1v) is 15.9. The third-order valence-electron chi connectivity index (χ3n) is 8.87. The van der Waals surface area contributed by atoms with Crippen molar-refractivity contribution in [1.82, 2.24) is 14.7 Å². The summed E-state index contributed by atoms with van der Waals surface area (Å²) in [7, 11) is 3.80. The van der Waals surface area contributed by atoms with Crippen LogP contribution in [0.3, 0.4) is 0 Å². The van der Waals surface area contributed by atoms with Gasteiger partial charge in [-0.1, -0.05) is 63.9 Å². The Morgan fingerprint density at radius 3 is 2.30 bits per heavy atom. The average molecular weight is 604 g/mol. The number of anilines is 1. The minimum Gasteiger partial charge on any atom is -0.368 e. The van der Waals surface area contributed by atoms with Crippen LogP contribution in [-0.2, 0) is 26.2 Å². The third-order valence-corrected chi connectivity index (χ3v) is 8.87. The van der Waals surface area contributed by atoms with Gasteiger partial charge in [-0.2, -0.15) is 0 Å². The van der Waals surface area contributed by atoms with Crippen molar-refractivity contribution < 1.29 is 19.2 Å². The normalized spacial score (nSPS) is 17.1. The summed E-state index contributed by atoms with van der Waals surface area (Å²) in [6.45, 7) is 7.49. The highest BCUT2D eigenvalue weighted by Gasteiger charge is 2.34. The number of nitrogens with one attached hydrogen (secondary N) is 1. The SMILES string of the molecule is CN(C)CCN(CC(N)=O)C(=O)CCN1C(=O)c2cc(NC(=O)CC3CCCC3)ccc2CC1c1ccc(C(C)(C)C)cc1.